The van der Waals surface area contributed by atoms with Gasteiger partial charge in [-0.3, -0.25) is 4.79 Å². The topological polar surface area (TPSA) is 51.9 Å². The molecule has 1 amide bonds. The molecule has 2 aromatic carbocycles. The highest BCUT2D eigenvalue weighted by Gasteiger charge is 2.24. The number of hydrogen-bond acceptors (Lipinski definition) is 4. The van der Waals surface area contributed by atoms with Crippen LogP contribution in [0, 0.1) is 5.92 Å². The van der Waals surface area contributed by atoms with Crippen LogP contribution in [0.5, 0.6) is 11.5 Å². The molecule has 1 aromatic heterocycles. The van der Waals surface area contributed by atoms with Crippen LogP contribution in [0.3, 0.4) is 0 Å². The SMILES string of the molecule is CCCCC(CC)C(=O)N(Cc1ccc(OCc2ccccc2)c(OC)c1)Cc1ccco1. The number of rotatable bonds is 13. The van der Waals surface area contributed by atoms with Crippen molar-refractivity contribution in [3.05, 3.63) is 83.8 Å². The zero-order valence-corrected chi connectivity index (χ0v) is 20.0. The lowest BCUT2D eigenvalue weighted by molar-refractivity contribution is -0.137. The van der Waals surface area contributed by atoms with E-state index in [2.05, 4.69) is 13.8 Å². The molecule has 1 unspecified atom stereocenters. The molecule has 0 aliphatic rings. The molecular formula is C28H35NO4. The Morgan fingerprint density at radius 2 is 1.79 bits per heavy atom. The minimum atomic E-state index is 0.0234. The number of furan rings is 1. The monoisotopic (exact) mass is 449 g/mol. The fourth-order valence-electron chi connectivity index (χ4n) is 3.90. The standard InChI is InChI=1S/C28H35NO4/c1-4-6-13-24(5-2)28(30)29(20-25-14-10-17-32-25)19-23-15-16-26(27(18-23)31-3)33-21-22-11-8-7-9-12-22/h7-12,14-18,24H,4-6,13,19-21H2,1-3H3. The molecule has 33 heavy (non-hydrogen) atoms. The van der Waals surface area contributed by atoms with E-state index >= 15 is 0 Å². The average Bonchev–Trinajstić information content (AvgIpc) is 3.37. The van der Waals surface area contributed by atoms with Gasteiger partial charge in [-0.05, 0) is 48.2 Å². The third-order valence-corrected chi connectivity index (χ3v) is 5.83. The minimum absolute atomic E-state index is 0.0234. The summed E-state index contributed by atoms with van der Waals surface area (Å²) >= 11 is 0. The van der Waals surface area contributed by atoms with E-state index in [0.29, 0.717) is 31.2 Å². The van der Waals surface area contributed by atoms with Crippen LogP contribution in [0.4, 0.5) is 0 Å². The lowest BCUT2D eigenvalue weighted by Crippen LogP contribution is -2.35. The van der Waals surface area contributed by atoms with Gasteiger partial charge in [0.2, 0.25) is 5.91 Å². The maximum absolute atomic E-state index is 13.4. The molecule has 5 nitrogen and oxygen atoms in total. The molecular weight excluding hydrogens is 414 g/mol. The molecule has 0 aliphatic heterocycles. The van der Waals surface area contributed by atoms with Gasteiger partial charge in [0.15, 0.2) is 11.5 Å². The predicted molar refractivity (Wildman–Crippen MR) is 130 cm³/mol. The Labute approximate surface area is 197 Å². The summed E-state index contributed by atoms with van der Waals surface area (Å²) in [5.41, 5.74) is 2.08. The van der Waals surface area contributed by atoms with E-state index in [1.807, 2.05) is 65.6 Å². The minimum Gasteiger partial charge on any atom is -0.493 e. The van der Waals surface area contributed by atoms with Crippen molar-refractivity contribution in [1.29, 1.82) is 0 Å². The number of amides is 1. The van der Waals surface area contributed by atoms with Crippen LogP contribution in [0.1, 0.15) is 56.4 Å². The highest BCUT2D eigenvalue weighted by atomic mass is 16.5. The first-order valence-corrected chi connectivity index (χ1v) is 11.8. The average molecular weight is 450 g/mol. The zero-order valence-electron chi connectivity index (χ0n) is 20.0. The second-order valence-electron chi connectivity index (χ2n) is 8.28. The molecule has 0 saturated heterocycles. The Kier molecular flexibility index (Phi) is 9.43. The van der Waals surface area contributed by atoms with Gasteiger partial charge in [0.05, 0.1) is 19.9 Å². The van der Waals surface area contributed by atoms with Crippen LogP contribution in [-0.4, -0.2) is 17.9 Å². The second kappa shape index (κ2) is 12.7. The van der Waals surface area contributed by atoms with Crippen LogP contribution >= 0.6 is 0 Å². The first-order chi connectivity index (χ1) is 16.1. The number of hydrogen-bond donors (Lipinski definition) is 0. The van der Waals surface area contributed by atoms with Crippen molar-refractivity contribution in [3.63, 3.8) is 0 Å². The lowest BCUT2D eigenvalue weighted by atomic mass is 9.97. The quantitative estimate of drug-likeness (QED) is 0.294. The number of carbonyl (C=O) groups excluding carboxylic acids is 1. The van der Waals surface area contributed by atoms with E-state index in [9.17, 15) is 4.79 Å². The third-order valence-electron chi connectivity index (χ3n) is 5.83. The molecule has 0 fully saturated rings. The fraction of sp³-hybridized carbons (Fsp3) is 0.393. The van der Waals surface area contributed by atoms with Gasteiger partial charge >= 0.3 is 0 Å². The second-order valence-corrected chi connectivity index (χ2v) is 8.28. The van der Waals surface area contributed by atoms with Gasteiger partial charge in [0, 0.05) is 12.5 Å². The maximum atomic E-state index is 13.4. The van der Waals surface area contributed by atoms with E-state index in [1.165, 1.54) is 0 Å². The van der Waals surface area contributed by atoms with Gasteiger partial charge in [0.25, 0.3) is 0 Å². The maximum Gasteiger partial charge on any atom is 0.226 e. The molecule has 3 aromatic rings. The summed E-state index contributed by atoms with van der Waals surface area (Å²) < 4.78 is 17.1. The molecule has 3 rings (SSSR count). The summed E-state index contributed by atoms with van der Waals surface area (Å²) in [4.78, 5) is 15.3. The number of methoxy groups -OCH3 is 1. The number of ether oxygens (including phenoxy) is 2. The van der Waals surface area contributed by atoms with Gasteiger partial charge in [-0.25, -0.2) is 0 Å². The molecule has 1 atom stereocenters. The van der Waals surface area contributed by atoms with Gasteiger partial charge in [-0.15, -0.1) is 0 Å². The van der Waals surface area contributed by atoms with E-state index in [1.54, 1.807) is 13.4 Å². The summed E-state index contributed by atoms with van der Waals surface area (Å²) in [5, 5.41) is 0. The first-order valence-electron chi connectivity index (χ1n) is 11.8. The van der Waals surface area contributed by atoms with Crippen molar-refractivity contribution >= 4 is 5.91 Å². The highest BCUT2D eigenvalue weighted by Crippen LogP contribution is 2.30. The molecule has 0 radical (unpaired) electrons. The van der Waals surface area contributed by atoms with Gasteiger partial charge in [0.1, 0.15) is 12.4 Å². The van der Waals surface area contributed by atoms with E-state index in [-0.39, 0.29) is 11.8 Å². The number of benzene rings is 2. The van der Waals surface area contributed by atoms with Gasteiger partial charge in [-0.1, -0.05) is 63.1 Å². The predicted octanol–water partition coefficient (Wildman–Crippen LogP) is 6.61. The Morgan fingerprint density at radius 3 is 2.45 bits per heavy atom. The number of carbonyl (C=O) groups is 1. The summed E-state index contributed by atoms with van der Waals surface area (Å²) in [6.07, 6.45) is 5.54. The van der Waals surface area contributed by atoms with Gasteiger partial charge in [-0.2, -0.15) is 0 Å². The van der Waals surface area contributed by atoms with Gasteiger partial charge < -0.3 is 18.8 Å². The van der Waals surface area contributed by atoms with E-state index in [0.717, 1.165) is 42.6 Å². The molecule has 0 spiro atoms. The third kappa shape index (κ3) is 7.14. The molecule has 1 heterocycles. The number of unbranched alkanes of at least 4 members (excludes halogenated alkanes) is 1. The van der Waals surface area contributed by atoms with Crippen LogP contribution in [0.2, 0.25) is 0 Å². The summed E-state index contributed by atoms with van der Waals surface area (Å²) in [7, 11) is 1.64. The lowest BCUT2D eigenvalue weighted by Gasteiger charge is -2.27. The van der Waals surface area contributed by atoms with Crippen molar-refractivity contribution < 1.29 is 18.7 Å². The smallest absolute Gasteiger partial charge is 0.226 e. The van der Waals surface area contributed by atoms with Crippen LogP contribution in [0.15, 0.2) is 71.3 Å². The summed E-state index contributed by atoms with van der Waals surface area (Å²) in [6, 6.07) is 19.7. The summed E-state index contributed by atoms with van der Waals surface area (Å²) in [5.74, 6) is 2.32. The molecule has 0 aliphatic carbocycles. The molecule has 176 valence electrons. The Hall–Kier alpha value is -3.21. The van der Waals surface area contributed by atoms with E-state index < -0.39 is 0 Å². The summed E-state index contributed by atoms with van der Waals surface area (Å²) in [6.45, 7) is 5.65. The number of nitrogens with zero attached hydrogens (tertiary/aromatic N) is 1. The molecule has 0 bridgehead atoms. The van der Waals surface area contributed by atoms with Crippen molar-refractivity contribution in [2.75, 3.05) is 7.11 Å². The fourth-order valence-corrected chi connectivity index (χ4v) is 3.90. The van der Waals surface area contributed by atoms with Crippen molar-refractivity contribution in [3.8, 4) is 11.5 Å². The van der Waals surface area contributed by atoms with Crippen molar-refractivity contribution in [2.45, 2.75) is 59.2 Å². The Morgan fingerprint density at radius 1 is 0.970 bits per heavy atom. The zero-order chi connectivity index (χ0) is 23.5. The van der Waals surface area contributed by atoms with Crippen LogP contribution < -0.4 is 9.47 Å². The normalized spacial score (nSPS) is 11.7. The highest BCUT2D eigenvalue weighted by molar-refractivity contribution is 5.78. The van der Waals surface area contributed by atoms with Crippen molar-refractivity contribution in [1.82, 2.24) is 4.90 Å². The Bertz CT molecular complexity index is 969. The molecule has 5 heteroatoms. The van der Waals surface area contributed by atoms with Crippen molar-refractivity contribution in [2.24, 2.45) is 5.92 Å². The Balaban J connectivity index is 1.75. The largest absolute Gasteiger partial charge is 0.493 e. The van der Waals surface area contributed by atoms with E-state index in [4.69, 9.17) is 13.9 Å². The molecule has 0 N–H and O–H groups in total. The molecule has 0 saturated carbocycles. The first kappa shape index (κ1) is 24.4. The van der Waals surface area contributed by atoms with Crippen LogP contribution in [0.25, 0.3) is 0 Å². The van der Waals surface area contributed by atoms with Crippen LogP contribution in [-0.2, 0) is 24.5 Å².